The van der Waals surface area contributed by atoms with E-state index in [2.05, 4.69) is 5.32 Å². The molecule has 1 amide bonds. The normalized spacial score (nSPS) is 21.0. The first-order chi connectivity index (χ1) is 10.1. The maximum atomic E-state index is 11.5. The topological polar surface area (TPSA) is 113 Å². The van der Waals surface area contributed by atoms with Crippen molar-refractivity contribution in [2.24, 2.45) is 11.7 Å². The van der Waals surface area contributed by atoms with E-state index in [0.717, 1.165) is 19.3 Å². The number of hydrogen-bond acceptors (Lipinski definition) is 4. The molecule has 0 aromatic carbocycles. The van der Waals surface area contributed by atoms with E-state index in [4.69, 9.17) is 15.6 Å². The van der Waals surface area contributed by atoms with Crippen molar-refractivity contribution in [3.63, 3.8) is 0 Å². The maximum absolute atomic E-state index is 11.5. The number of amides is 1. The van der Waals surface area contributed by atoms with Gasteiger partial charge in [-0.3, -0.25) is 4.79 Å². The minimum atomic E-state index is -5.08. The molecule has 2 rings (SSSR count). The summed E-state index contributed by atoms with van der Waals surface area (Å²) < 4.78 is 31.7. The number of carbonyl (C=O) groups is 2. The monoisotopic (exact) mass is 326 g/mol. The summed E-state index contributed by atoms with van der Waals surface area (Å²) >= 11 is 0. The van der Waals surface area contributed by atoms with E-state index < -0.39 is 24.3 Å². The van der Waals surface area contributed by atoms with E-state index in [1.165, 1.54) is 19.3 Å². The molecule has 0 heterocycles. The van der Waals surface area contributed by atoms with Crippen LogP contribution in [0.2, 0.25) is 0 Å². The molecule has 2 atom stereocenters. The zero-order valence-electron chi connectivity index (χ0n) is 12.0. The van der Waals surface area contributed by atoms with Gasteiger partial charge < -0.3 is 21.3 Å². The summed E-state index contributed by atoms with van der Waals surface area (Å²) in [5.41, 5.74) is 5.81. The number of carboxylic acids is 1. The zero-order chi connectivity index (χ0) is 16.9. The molecule has 128 valence electrons. The molecule has 0 aromatic rings. The van der Waals surface area contributed by atoms with Gasteiger partial charge in [0.2, 0.25) is 0 Å². The summed E-state index contributed by atoms with van der Waals surface area (Å²) in [5.74, 6) is -2.42. The van der Waals surface area contributed by atoms with Crippen LogP contribution in [0.1, 0.15) is 38.5 Å². The molecular formula is C13H21F3N2O4. The number of carboxylic acid groups (broad SMARTS) is 1. The van der Waals surface area contributed by atoms with Gasteiger partial charge in [-0.25, -0.2) is 4.79 Å². The van der Waals surface area contributed by atoms with Crippen molar-refractivity contribution in [1.82, 2.24) is 5.32 Å². The van der Waals surface area contributed by atoms with Crippen molar-refractivity contribution < 1.29 is 33.0 Å². The molecule has 2 unspecified atom stereocenters. The van der Waals surface area contributed by atoms with Crippen LogP contribution in [-0.2, 0) is 9.59 Å². The van der Waals surface area contributed by atoms with Crippen LogP contribution in [-0.4, -0.2) is 46.5 Å². The molecule has 0 bridgehead atoms. The summed E-state index contributed by atoms with van der Waals surface area (Å²) in [5, 5.41) is 19.6. The Morgan fingerprint density at radius 2 is 1.73 bits per heavy atom. The van der Waals surface area contributed by atoms with Crippen LogP contribution in [0, 0.1) is 5.92 Å². The van der Waals surface area contributed by atoms with E-state index in [-0.39, 0.29) is 5.91 Å². The number of aliphatic carboxylic acids is 1. The zero-order valence-corrected chi connectivity index (χ0v) is 12.0. The summed E-state index contributed by atoms with van der Waals surface area (Å²) in [4.78, 5) is 20.4. The molecule has 2 aliphatic rings. The first-order valence-corrected chi connectivity index (χ1v) is 7.15. The minimum Gasteiger partial charge on any atom is -0.475 e. The molecule has 2 fully saturated rings. The molecule has 0 radical (unpaired) electrons. The van der Waals surface area contributed by atoms with E-state index in [9.17, 15) is 23.1 Å². The first kappa shape index (κ1) is 18.7. The lowest BCUT2D eigenvalue weighted by molar-refractivity contribution is -0.192. The highest BCUT2D eigenvalue weighted by molar-refractivity contribution is 5.81. The Bertz CT molecular complexity index is 395. The van der Waals surface area contributed by atoms with Crippen LogP contribution >= 0.6 is 0 Å². The van der Waals surface area contributed by atoms with Crippen molar-refractivity contribution >= 4 is 11.9 Å². The highest BCUT2D eigenvalue weighted by Gasteiger charge is 2.38. The summed E-state index contributed by atoms with van der Waals surface area (Å²) in [6, 6.07) is -0.0999. The molecular weight excluding hydrogens is 305 g/mol. The van der Waals surface area contributed by atoms with Gasteiger partial charge in [-0.1, -0.05) is 19.3 Å². The predicted molar refractivity (Wildman–Crippen MR) is 70.8 cm³/mol. The van der Waals surface area contributed by atoms with Crippen molar-refractivity contribution in [3.05, 3.63) is 0 Å². The Morgan fingerprint density at radius 1 is 1.23 bits per heavy atom. The second kappa shape index (κ2) is 7.77. The Labute approximate surface area is 125 Å². The van der Waals surface area contributed by atoms with Gasteiger partial charge in [0.15, 0.2) is 0 Å². The Hall–Kier alpha value is -1.35. The highest BCUT2D eigenvalue weighted by Crippen LogP contribution is 2.30. The minimum absolute atomic E-state index is 0.288. The lowest BCUT2D eigenvalue weighted by Gasteiger charge is -2.29. The van der Waals surface area contributed by atoms with E-state index in [1.807, 2.05) is 0 Å². The Kier molecular flexibility index (Phi) is 6.61. The molecule has 9 heteroatoms. The second-order valence-corrected chi connectivity index (χ2v) is 5.73. The fraction of sp³-hybridized carbons (Fsp3) is 0.846. The number of nitrogens with one attached hydrogen (secondary N) is 1. The van der Waals surface area contributed by atoms with Gasteiger partial charge in [0.25, 0.3) is 5.91 Å². The number of rotatable bonds is 5. The number of carbonyl (C=O) groups excluding carboxylic acids is 1. The molecule has 0 saturated heterocycles. The van der Waals surface area contributed by atoms with Crippen LogP contribution in [0.5, 0.6) is 0 Å². The number of aliphatic hydroxyl groups is 1. The number of halogens is 3. The van der Waals surface area contributed by atoms with Crippen molar-refractivity contribution in [2.75, 3.05) is 0 Å². The van der Waals surface area contributed by atoms with Crippen molar-refractivity contribution in [3.8, 4) is 0 Å². The molecule has 6 nitrogen and oxygen atoms in total. The summed E-state index contributed by atoms with van der Waals surface area (Å²) in [6.07, 6.45) is 0.411. The van der Waals surface area contributed by atoms with Gasteiger partial charge in [-0.15, -0.1) is 0 Å². The smallest absolute Gasteiger partial charge is 0.475 e. The molecule has 2 saturated carbocycles. The van der Waals surface area contributed by atoms with Gasteiger partial charge >= 0.3 is 12.1 Å². The van der Waals surface area contributed by atoms with Gasteiger partial charge in [0.05, 0.1) is 0 Å². The molecule has 0 aliphatic heterocycles. The van der Waals surface area contributed by atoms with Crippen LogP contribution in [0.15, 0.2) is 0 Å². The van der Waals surface area contributed by atoms with Gasteiger partial charge in [-0.05, 0) is 25.2 Å². The van der Waals surface area contributed by atoms with Gasteiger partial charge in [0.1, 0.15) is 6.10 Å². The van der Waals surface area contributed by atoms with Crippen LogP contribution in [0.4, 0.5) is 13.2 Å². The van der Waals surface area contributed by atoms with E-state index >= 15 is 0 Å². The summed E-state index contributed by atoms with van der Waals surface area (Å²) in [7, 11) is 0. The average molecular weight is 326 g/mol. The largest absolute Gasteiger partial charge is 0.490 e. The van der Waals surface area contributed by atoms with Crippen molar-refractivity contribution in [1.29, 1.82) is 0 Å². The van der Waals surface area contributed by atoms with Crippen LogP contribution < -0.4 is 11.1 Å². The standard InChI is InChI=1S/C11H20N2O2.C2HF3O2/c12-9(6-7-2-1-3-7)10(14)11(15)13-8-4-5-8;3-2(4,5)1(6)7/h7-10,14H,1-6,12H2,(H,13,15);(H,6,7). The fourth-order valence-corrected chi connectivity index (χ4v) is 1.95. The third-order valence-corrected chi connectivity index (χ3v) is 3.67. The third-order valence-electron chi connectivity index (χ3n) is 3.67. The maximum Gasteiger partial charge on any atom is 0.490 e. The second-order valence-electron chi connectivity index (χ2n) is 5.73. The SMILES string of the molecule is NC(CC1CCC1)C(O)C(=O)NC1CC1.O=C(O)C(F)(F)F. The Balaban J connectivity index is 0.000000295. The van der Waals surface area contributed by atoms with Crippen molar-refractivity contribution in [2.45, 2.75) is 62.9 Å². The van der Waals surface area contributed by atoms with E-state index in [1.54, 1.807) is 0 Å². The van der Waals surface area contributed by atoms with Gasteiger partial charge in [0, 0.05) is 12.1 Å². The molecule has 0 aromatic heterocycles. The third kappa shape index (κ3) is 6.61. The van der Waals surface area contributed by atoms with Crippen LogP contribution in [0.3, 0.4) is 0 Å². The lowest BCUT2D eigenvalue weighted by atomic mass is 9.80. The quantitative estimate of drug-likeness (QED) is 0.596. The molecule has 22 heavy (non-hydrogen) atoms. The van der Waals surface area contributed by atoms with E-state index in [0.29, 0.717) is 12.0 Å². The number of aliphatic hydroxyl groups excluding tert-OH is 1. The number of nitrogens with two attached hydrogens (primary N) is 1. The lowest BCUT2D eigenvalue weighted by Crippen LogP contribution is -2.48. The fourth-order valence-electron chi connectivity index (χ4n) is 1.95. The molecule has 2 aliphatic carbocycles. The predicted octanol–water partition coefficient (Wildman–Crippen LogP) is 0.777. The first-order valence-electron chi connectivity index (χ1n) is 7.15. The van der Waals surface area contributed by atoms with Gasteiger partial charge in [-0.2, -0.15) is 13.2 Å². The number of hydrogen-bond donors (Lipinski definition) is 4. The molecule has 0 spiro atoms. The number of alkyl halides is 3. The highest BCUT2D eigenvalue weighted by atomic mass is 19.4. The average Bonchev–Trinajstić information content (AvgIpc) is 3.16. The Morgan fingerprint density at radius 3 is 2.05 bits per heavy atom. The van der Waals surface area contributed by atoms with Crippen LogP contribution in [0.25, 0.3) is 0 Å². The molecule has 5 N–H and O–H groups in total. The summed E-state index contributed by atoms with van der Waals surface area (Å²) in [6.45, 7) is 0.